The molecule has 0 aromatic heterocycles. The van der Waals surface area contributed by atoms with Gasteiger partial charge in [-0.05, 0) is 25.3 Å². The molecular formula is C15H19NO2. The molecule has 1 aliphatic rings. The zero-order valence-corrected chi connectivity index (χ0v) is 10.7. The molecule has 1 atom stereocenters. The molecule has 1 unspecified atom stereocenters. The predicted octanol–water partition coefficient (Wildman–Crippen LogP) is 3.36. The fourth-order valence-corrected chi connectivity index (χ4v) is 2.24. The topological polar surface area (TPSA) is 29.5 Å². The molecule has 18 heavy (non-hydrogen) atoms. The number of amides is 1. The van der Waals surface area contributed by atoms with Crippen molar-refractivity contribution >= 4 is 6.09 Å². The first-order chi connectivity index (χ1) is 8.81. The van der Waals surface area contributed by atoms with Gasteiger partial charge in [0.2, 0.25) is 0 Å². The second kappa shape index (κ2) is 6.24. The Morgan fingerprint density at radius 2 is 2.22 bits per heavy atom. The average Bonchev–Trinajstić information content (AvgIpc) is 2.86. The SMILES string of the molecule is C/C=C\C1CCCN1C(=O)OCc1ccccc1. The van der Waals surface area contributed by atoms with Crippen LogP contribution < -0.4 is 0 Å². The molecule has 96 valence electrons. The summed E-state index contributed by atoms with van der Waals surface area (Å²) >= 11 is 0. The number of hydrogen-bond donors (Lipinski definition) is 0. The van der Waals surface area contributed by atoms with Crippen LogP contribution in [0.25, 0.3) is 0 Å². The second-order valence-corrected chi connectivity index (χ2v) is 4.47. The summed E-state index contributed by atoms with van der Waals surface area (Å²) in [6.45, 7) is 3.12. The summed E-state index contributed by atoms with van der Waals surface area (Å²) in [4.78, 5) is 13.8. The van der Waals surface area contributed by atoms with E-state index in [1.807, 2.05) is 48.2 Å². The third-order valence-electron chi connectivity index (χ3n) is 3.15. The molecule has 0 aliphatic carbocycles. The Hall–Kier alpha value is -1.77. The summed E-state index contributed by atoms with van der Waals surface area (Å²) in [5, 5.41) is 0. The van der Waals surface area contributed by atoms with E-state index in [9.17, 15) is 4.79 Å². The Balaban J connectivity index is 1.88. The van der Waals surface area contributed by atoms with E-state index in [2.05, 4.69) is 6.08 Å². The van der Waals surface area contributed by atoms with Crippen LogP contribution >= 0.6 is 0 Å². The molecule has 3 nitrogen and oxygen atoms in total. The van der Waals surface area contributed by atoms with Crippen molar-refractivity contribution in [2.45, 2.75) is 32.4 Å². The first kappa shape index (κ1) is 12.7. The van der Waals surface area contributed by atoms with Crippen LogP contribution in [-0.4, -0.2) is 23.6 Å². The highest BCUT2D eigenvalue weighted by Crippen LogP contribution is 2.19. The second-order valence-electron chi connectivity index (χ2n) is 4.47. The quantitative estimate of drug-likeness (QED) is 0.764. The largest absolute Gasteiger partial charge is 0.445 e. The molecular weight excluding hydrogens is 226 g/mol. The lowest BCUT2D eigenvalue weighted by atomic mass is 10.2. The number of allylic oxidation sites excluding steroid dienone is 1. The minimum Gasteiger partial charge on any atom is -0.445 e. The van der Waals surface area contributed by atoms with Crippen LogP contribution in [0, 0.1) is 0 Å². The van der Waals surface area contributed by atoms with E-state index in [4.69, 9.17) is 4.74 Å². The van der Waals surface area contributed by atoms with Crippen LogP contribution in [0.2, 0.25) is 0 Å². The fraction of sp³-hybridized carbons (Fsp3) is 0.400. The van der Waals surface area contributed by atoms with Crippen molar-refractivity contribution in [3.8, 4) is 0 Å². The molecule has 1 amide bonds. The van der Waals surface area contributed by atoms with E-state index in [1.54, 1.807) is 0 Å². The number of ether oxygens (including phenoxy) is 1. The van der Waals surface area contributed by atoms with E-state index < -0.39 is 0 Å². The van der Waals surface area contributed by atoms with Crippen LogP contribution in [-0.2, 0) is 11.3 Å². The Morgan fingerprint density at radius 1 is 1.44 bits per heavy atom. The van der Waals surface area contributed by atoms with Gasteiger partial charge >= 0.3 is 6.09 Å². The van der Waals surface area contributed by atoms with Crippen LogP contribution in [0.15, 0.2) is 42.5 Å². The molecule has 2 rings (SSSR count). The Labute approximate surface area is 108 Å². The van der Waals surface area contributed by atoms with Gasteiger partial charge in [-0.1, -0.05) is 42.5 Å². The molecule has 0 spiro atoms. The Bertz CT molecular complexity index is 414. The van der Waals surface area contributed by atoms with Crippen molar-refractivity contribution in [2.75, 3.05) is 6.54 Å². The van der Waals surface area contributed by atoms with E-state index >= 15 is 0 Å². The van der Waals surface area contributed by atoms with E-state index in [0.717, 1.165) is 24.9 Å². The summed E-state index contributed by atoms with van der Waals surface area (Å²) in [5.41, 5.74) is 1.02. The van der Waals surface area contributed by atoms with Gasteiger partial charge < -0.3 is 9.64 Å². The standard InChI is InChI=1S/C15H19NO2/c1-2-7-14-10-6-11-16(14)15(17)18-12-13-8-4-3-5-9-13/h2-5,7-9,14H,6,10-12H2,1H3/b7-2-. The lowest BCUT2D eigenvalue weighted by Gasteiger charge is -2.21. The highest BCUT2D eigenvalue weighted by molar-refractivity contribution is 5.68. The summed E-state index contributed by atoms with van der Waals surface area (Å²) < 4.78 is 5.34. The summed E-state index contributed by atoms with van der Waals surface area (Å²) in [5.74, 6) is 0. The summed E-state index contributed by atoms with van der Waals surface area (Å²) in [6, 6.07) is 9.97. The van der Waals surface area contributed by atoms with Gasteiger partial charge in [0.25, 0.3) is 0 Å². The maximum atomic E-state index is 12.0. The lowest BCUT2D eigenvalue weighted by Crippen LogP contribution is -2.34. The maximum absolute atomic E-state index is 12.0. The molecule has 1 aromatic rings. The molecule has 1 heterocycles. The third-order valence-corrected chi connectivity index (χ3v) is 3.15. The molecule has 1 aromatic carbocycles. The number of rotatable bonds is 3. The van der Waals surface area contributed by atoms with Gasteiger partial charge in [0.15, 0.2) is 0 Å². The number of likely N-dealkylation sites (tertiary alicyclic amines) is 1. The van der Waals surface area contributed by atoms with Crippen molar-refractivity contribution in [3.05, 3.63) is 48.0 Å². The molecule has 1 saturated heterocycles. The molecule has 3 heteroatoms. The van der Waals surface area contributed by atoms with Crippen LogP contribution in [0.5, 0.6) is 0 Å². The first-order valence-electron chi connectivity index (χ1n) is 6.41. The minimum atomic E-state index is -0.209. The number of benzene rings is 1. The summed E-state index contributed by atoms with van der Waals surface area (Å²) in [6.07, 6.45) is 5.93. The first-order valence-corrected chi connectivity index (χ1v) is 6.41. The third kappa shape index (κ3) is 3.13. The van der Waals surface area contributed by atoms with Gasteiger partial charge in [-0.3, -0.25) is 0 Å². The zero-order valence-electron chi connectivity index (χ0n) is 10.7. The van der Waals surface area contributed by atoms with Crippen LogP contribution in [0.3, 0.4) is 0 Å². The number of carbonyl (C=O) groups is 1. The van der Waals surface area contributed by atoms with Crippen LogP contribution in [0.1, 0.15) is 25.3 Å². The molecule has 0 N–H and O–H groups in total. The van der Waals surface area contributed by atoms with Gasteiger partial charge in [-0.15, -0.1) is 0 Å². The van der Waals surface area contributed by atoms with Crippen molar-refractivity contribution in [2.24, 2.45) is 0 Å². The normalized spacial score (nSPS) is 19.4. The van der Waals surface area contributed by atoms with Gasteiger partial charge in [0, 0.05) is 6.54 Å². The van der Waals surface area contributed by atoms with Crippen molar-refractivity contribution in [3.63, 3.8) is 0 Å². The number of carbonyl (C=O) groups excluding carboxylic acids is 1. The van der Waals surface area contributed by atoms with Crippen molar-refractivity contribution in [1.82, 2.24) is 4.90 Å². The monoisotopic (exact) mass is 245 g/mol. The number of hydrogen-bond acceptors (Lipinski definition) is 2. The number of nitrogens with zero attached hydrogens (tertiary/aromatic N) is 1. The fourth-order valence-electron chi connectivity index (χ4n) is 2.24. The van der Waals surface area contributed by atoms with Gasteiger partial charge in [-0.25, -0.2) is 4.79 Å². The van der Waals surface area contributed by atoms with E-state index in [-0.39, 0.29) is 12.1 Å². The smallest absolute Gasteiger partial charge is 0.410 e. The van der Waals surface area contributed by atoms with Gasteiger partial charge in [-0.2, -0.15) is 0 Å². The lowest BCUT2D eigenvalue weighted by molar-refractivity contribution is 0.0975. The molecule has 0 saturated carbocycles. The van der Waals surface area contributed by atoms with Gasteiger partial charge in [0.1, 0.15) is 6.61 Å². The van der Waals surface area contributed by atoms with E-state index in [0.29, 0.717) is 6.61 Å². The molecule has 0 radical (unpaired) electrons. The highest BCUT2D eigenvalue weighted by Gasteiger charge is 2.27. The van der Waals surface area contributed by atoms with E-state index in [1.165, 1.54) is 0 Å². The summed E-state index contributed by atoms with van der Waals surface area (Å²) in [7, 11) is 0. The van der Waals surface area contributed by atoms with Crippen molar-refractivity contribution in [1.29, 1.82) is 0 Å². The van der Waals surface area contributed by atoms with Crippen molar-refractivity contribution < 1.29 is 9.53 Å². The Morgan fingerprint density at radius 3 is 2.94 bits per heavy atom. The molecule has 0 bridgehead atoms. The highest BCUT2D eigenvalue weighted by atomic mass is 16.6. The molecule has 1 aliphatic heterocycles. The minimum absolute atomic E-state index is 0.207. The zero-order chi connectivity index (χ0) is 12.8. The predicted molar refractivity (Wildman–Crippen MR) is 71.2 cm³/mol. The molecule has 1 fully saturated rings. The Kier molecular flexibility index (Phi) is 4.40. The van der Waals surface area contributed by atoms with Gasteiger partial charge in [0.05, 0.1) is 6.04 Å². The average molecular weight is 245 g/mol. The maximum Gasteiger partial charge on any atom is 0.410 e. The van der Waals surface area contributed by atoms with Crippen LogP contribution in [0.4, 0.5) is 4.79 Å².